The van der Waals surface area contributed by atoms with Crippen LogP contribution in [0.25, 0.3) is 0 Å². The monoisotopic (exact) mass is 208 g/mol. The third kappa shape index (κ3) is 1.83. The molecule has 3 fully saturated rings. The maximum Gasteiger partial charge on any atom is 0.0307 e. The summed E-state index contributed by atoms with van der Waals surface area (Å²) < 4.78 is 0. The third-order valence-electron chi connectivity index (χ3n) is 4.97. The highest BCUT2D eigenvalue weighted by Crippen LogP contribution is 2.36. The normalized spacial score (nSPS) is 33.6. The van der Waals surface area contributed by atoms with Gasteiger partial charge >= 0.3 is 0 Å². The van der Waals surface area contributed by atoms with Crippen molar-refractivity contribution in [3.8, 4) is 0 Å². The summed E-state index contributed by atoms with van der Waals surface area (Å²) in [7, 11) is 0. The molecule has 1 aliphatic heterocycles. The van der Waals surface area contributed by atoms with Gasteiger partial charge in [0.1, 0.15) is 0 Å². The van der Waals surface area contributed by atoms with E-state index in [1.807, 2.05) is 0 Å². The average molecular weight is 208 g/mol. The Bertz CT molecular complexity index is 213. The van der Waals surface area contributed by atoms with E-state index in [0.717, 1.165) is 0 Å². The van der Waals surface area contributed by atoms with Crippen LogP contribution >= 0.6 is 0 Å². The Labute approximate surface area is 93.2 Å². The lowest BCUT2D eigenvalue weighted by atomic mass is 9.78. The van der Waals surface area contributed by atoms with Crippen molar-refractivity contribution in [1.29, 1.82) is 0 Å². The van der Waals surface area contributed by atoms with Crippen molar-refractivity contribution >= 4 is 0 Å². The van der Waals surface area contributed by atoms with E-state index in [4.69, 9.17) is 0 Å². The largest absolute Gasteiger partial charge is 0.308 e. The molecule has 2 saturated carbocycles. The number of piperazine rings is 1. The minimum atomic E-state index is 0.478. The molecule has 0 aromatic carbocycles. The van der Waals surface area contributed by atoms with Gasteiger partial charge in [0.2, 0.25) is 0 Å². The molecule has 0 aromatic rings. The Morgan fingerprint density at radius 2 is 0.933 bits per heavy atom. The van der Waals surface area contributed by atoms with Crippen molar-refractivity contribution in [3.63, 3.8) is 0 Å². The van der Waals surface area contributed by atoms with Crippen molar-refractivity contribution < 1.29 is 0 Å². The lowest BCUT2D eigenvalue weighted by Gasteiger charge is -2.49. The van der Waals surface area contributed by atoms with E-state index in [0.29, 0.717) is 11.1 Å². The molecule has 0 bridgehead atoms. The first kappa shape index (κ1) is 10.1. The van der Waals surface area contributed by atoms with E-state index in [-0.39, 0.29) is 0 Å². The van der Waals surface area contributed by atoms with E-state index in [2.05, 4.69) is 10.6 Å². The fraction of sp³-hybridized carbons (Fsp3) is 1.00. The number of rotatable bonds is 0. The van der Waals surface area contributed by atoms with Gasteiger partial charge in [-0.1, -0.05) is 32.1 Å². The Hall–Kier alpha value is -0.0800. The van der Waals surface area contributed by atoms with Gasteiger partial charge in [0.25, 0.3) is 0 Å². The Morgan fingerprint density at radius 3 is 1.33 bits per heavy atom. The predicted octanol–water partition coefficient (Wildman–Crippen LogP) is 2.19. The Balaban J connectivity index is 1.63. The summed E-state index contributed by atoms with van der Waals surface area (Å²) in [6, 6.07) is 0. The Kier molecular flexibility index (Phi) is 2.52. The van der Waals surface area contributed by atoms with E-state index >= 15 is 0 Å². The minimum Gasteiger partial charge on any atom is -0.308 e. The van der Waals surface area contributed by atoms with Crippen molar-refractivity contribution in [2.75, 3.05) is 13.1 Å². The minimum absolute atomic E-state index is 0.478. The molecule has 0 radical (unpaired) electrons. The highest BCUT2D eigenvalue weighted by molar-refractivity contribution is 5.06. The summed E-state index contributed by atoms with van der Waals surface area (Å²) >= 11 is 0. The number of hydrogen-bond acceptors (Lipinski definition) is 2. The molecule has 2 heteroatoms. The zero-order valence-electron chi connectivity index (χ0n) is 9.78. The van der Waals surface area contributed by atoms with Gasteiger partial charge in [-0.3, -0.25) is 0 Å². The molecule has 0 aromatic heterocycles. The summed E-state index contributed by atoms with van der Waals surface area (Å²) in [5.74, 6) is 0. The topological polar surface area (TPSA) is 24.1 Å². The standard InChI is InChI=1S/C13H24N2/c1-2-6-12(7-3-1)10-15-13(11-14-12)8-4-5-9-13/h14-15H,1-11H2. The van der Waals surface area contributed by atoms with Crippen LogP contribution in [0.5, 0.6) is 0 Å². The van der Waals surface area contributed by atoms with Crippen LogP contribution in [-0.4, -0.2) is 24.2 Å². The lowest BCUT2D eigenvalue weighted by molar-refractivity contribution is 0.131. The van der Waals surface area contributed by atoms with Gasteiger partial charge in [-0.05, 0) is 25.7 Å². The molecule has 0 amide bonds. The SMILES string of the molecule is C1CCC2(CC1)CNC1(CCCC1)CN2. The van der Waals surface area contributed by atoms with Crippen LogP contribution in [0.4, 0.5) is 0 Å². The molecule has 2 nitrogen and oxygen atoms in total. The molecule has 2 spiro atoms. The second-order valence-corrected chi connectivity index (χ2v) is 6.04. The summed E-state index contributed by atoms with van der Waals surface area (Å²) in [6.45, 7) is 2.46. The molecule has 2 aliphatic carbocycles. The molecular weight excluding hydrogens is 184 g/mol. The van der Waals surface area contributed by atoms with Crippen molar-refractivity contribution in [2.45, 2.75) is 68.9 Å². The van der Waals surface area contributed by atoms with E-state index in [1.165, 1.54) is 70.9 Å². The van der Waals surface area contributed by atoms with E-state index < -0.39 is 0 Å². The molecular formula is C13H24N2. The smallest absolute Gasteiger partial charge is 0.0307 e. The molecule has 3 rings (SSSR count). The van der Waals surface area contributed by atoms with Gasteiger partial charge in [-0.2, -0.15) is 0 Å². The zero-order valence-corrected chi connectivity index (χ0v) is 9.78. The van der Waals surface area contributed by atoms with Gasteiger partial charge in [-0.15, -0.1) is 0 Å². The first-order valence-corrected chi connectivity index (χ1v) is 6.83. The van der Waals surface area contributed by atoms with E-state index in [9.17, 15) is 0 Å². The van der Waals surface area contributed by atoms with Crippen LogP contribution in [0.2, 0.25) is 0 Å². The molecule has 0 atom stereocenters. The maximum atomic E-state index is 3.90. The number of nitrogens with one attached hydrogen (secondary N) is 2. The van der Waals surface area contributed by atoms with Crippen LogP contribution in [0.1, 0.15) is 57.8 Å². The highest BCUT2D eigenvalue weighted by Gasteiger charge is 2.43. The molecule has 0 unspecified atom stereocenters. The van der Waals surface area contributed by atoms with Crippen LogP contribution in [0.15, 0.2) is 0 Å². The van der Waals surface area contributed by atoms with Crippen LogP contribution in [-0.2, 0) is 0 Å². The molecule has 2 N–H and O–H groups in total. The molecule has 15 heavy (non-hydrogen) atoms. The van der Waals surface area contributed by atoms with Crippen molar-refractivity contribution in [2.24, 2.45) is 0 Å². The van der Waals surface area contributed by atoms with Crippen molar-refractivity contribution in [3.05, 3.63) is 0 Å². The molecule has 1 saturated heterocycles. The van der Waals surface area contributed by atoms with Gasteiger partial charge in [0.05, 0.1) is 0 Å². The van der Waals surface area contributed by atoms with Gasteiger partial charge in [-0.25, -0.2) is 0 Å². The van der Waals surface area contributed by atoms with Gasteiger partial charge < -0.3 is 10.6 Å². The third-order valence-corrected chi connectivity index (χ3v) is 4.97. The van der Waals surface area contributed by atoms with Crippen LogP contribution in [0, 0.1) is 0 Å². The molecule has 1 heterocycles. The van der Waals surface area contributed by atoms with Crippen LogP contribution in [0.3, 0.4) is 0 Å². The fourth-order valence-electron chi connectivity index (χ4n) is 3.83. The quantitative estimate of drug-likeness (QED) is 0.637. The summed E-state index contributed by atoms with van der Waals surface area (Å²) in [6.07, 6.45) is 12.8. The van der Waals surface area contributed by atoms with E-state index in [1.54, 1.807) is 0 Å². The van der Waals surface area contributed by atoms with Crippen molar-refractivity contribution in [1.82, 2.24) is 10.6 Å². The molecule has 86 valence electrons. The second-order valence-electron chi connectivity index (χ2n) is 6.04. The first-order valence-electron chi connectivity index (χ1n) is 6.83. The summed E-state index contributed by atoms with van der Waals surface area (Å²) in [4.78, 5) is 0. The first-order chi connectivity index (χ1) is 7.33. The van der Waals surface area contributed by atoms with Gasteiger partial charge in [0.15, 0.2) is 0 Å². The lowest BCUT2D eigenvalue weighted by Crippen LogP contribution is -2.68. The summed E-state index contributed by atoms with van der Waals surface area (Å²) in [5.41, 5.74) is 0.967. The average Bonchev–Trinajstić information content (AvgIpc) is 2.74. The predicted molar refractivity (Wildman–Crippen MR) is 63.0 cm³/mol. The molecule has 3 aliphatic rings. The van der Waals surface area contributed by atoms with Crippen LogP contribution < -0.4 is 10.6 Å². The number of hydrogen-bond donors (Lipinski definition) is 2. The highest BCUT2D eigenvalue weighted by atomic mass is 15.2. The zero-order chi connectivity index (χ0) is 10.2. The second kappa shape index (κ2) is 3.74. The van der Waals surface area contributed by atoms with Gasteiger partial charge in [0, 0.05) is 24.2 Å². The summed E-state index contributed by atoms with van der Waals surface area (Å²) in [5, 5.41) is 7.80. The Morgan fingerprint density at radius 1 is 0.533 bits per heavy atom. The fourth-order valence-corrected chi connectivity index (χ4v) is 3.83. The maximum absolute atomic E-state index is 3.90.